The molecule has 96 valence electrons. The fourth-order valence-corrected chi connectivity index (χ4v) is 2.34. The van der Waals surface area contributed by atoms with Crippen LogP contribution in [0.5, 0.6) is 5.75 Å². The van der Waals surface area contributed by atoms with Crippen molar-refractivity contribution >= 4 is 5.97 Å². The topological polar surface area (TPSA) is 46.5 Å². The largest absolute Gasteiger partial charge is 0.493 e. The lowest BCUT2D eigenvalue weighted by Crippen LogP contribution is -2.03. The first-order valence-electron chi connectivity index (χ1n) is 5.95. The summed E-state index contributed by atoms with van der Waals surface area (Å²) >= 11 is 0. The highest BCUT2D eigenvalue weighted by molar-refractivity contribution is 5.96. The zero-order chi connectivity index (χ0) is 13.4. The molecule has 1 heterocycles. The molecule has 0 amide bonds. The van der Waals surface area contributed by atoms with E-state index in [-0.39, 0.29) is 5.56 Å². The number of hydrogen-bond acceptors (Lipinski definition) is 2. The minimum Gasteiger partial charge on any atom is -0.493 e. The van der Waals surface area contributed by atoms with E-state index in [1.807, 2.05) is 6.07 Å². The number of fused-ring (bicyclic) bond motifs is 1. The molecule has 1 aliphatic rings. The van der Waals surface area contributed by atoms with Crippen LogP contribution in [0, 0.1) is 5.82 Å². The van der Waals surface area contributed by atoms with E-state index in [0.29, 0.717) is 17.7 Å². The summed E-state index contributed by atoms with van der Waals surface area (Å²) in [6.07, 6.45) is 0.793. The second-order valence-corrected chi connectivity index (χ2v) is 4.39. The maximum atomic E-state index is 13.7. The number of halogens is 1. The van der Waals surface area contributed by atoms with E-state index >= 15 is 0 Å². The molecule has 4 heteroatoms. The van der Waals surface area contributed by atoms with Crippen molar-refractivity contribution in [1.29, 1.82) is 0 Å². The van der Waals surface area contributed by atoms with E-state index in [1.54, 1.807) is 18.2 Å². The van der Waals surface area contributed by atoms with Gasteiger partial charge in [-0.05, 0) is 34.9 Å². The molecule has 19 heavy (non-hydrogen) atoms. The fourth-order valence-electron chi connectivity index (χ4n) is 2.34. The maximum absolute atomic E-state index is 13.7. The summed E-state index contributed by atoms with van der Waals surface area (Å²) in [5.74, 6) is -1.16. The first-order valence-corrected chi connectivity index (χ1v) is 5.95. The van der Waals surface area contributed by atoms with E-state index < -0.39 is 11.8 Å². The van der Waals surface area contributed by atoms with E-state index in [9.17, 15) is 9.18 Å². The van der Waals surface area contributed by atoms with Crippen LogP contribution in [0.4, 0.5) is 4.39 Å². The van der Waals surface area contributed by atoms with Crippen molar-refractivity contribution in [3.63, 3.8) is 0 Å². The molecule has 0 unspecified atom stereocenters. The van der Waals surface area contributed by atoms with Crippen molar-refractivity contribution < 1.29 is 19.0 Å². The van der Waals surface area contributed by atoms with Crippen LogP contribution < -0.4 is 4.74 Å². The third kappa shape index (κ3) is 1.95. The molecule has 2 aromatic rings. The molecule has 0 aromatic heterocycles. The van der Waals surface area contributed by atoms with Crippen molar-refractivity contribution in [2.45, 2.75) is 6.42 Å². The Labute approximate surface area is 109 Å². The van der Waals surface area contributed by atoms with Gasteiger partial charge in [-0.2, -0.15) is 0 Å². The van der Waals surface area contributed by atoms with Gasteiger partial charge in [0.25, 0.3) is 0 Å². The molecule has 3 nitrogen and oxygen atoms in total. The molecule has 0 atom stereocenters. The van der Waals surface area contributed by atoms with Crippen molar-refractivity contribution in [3.05, 3.63) is 53.3 Å². The minimum absolute atomic E-state index is 0.290. The number of benzene rings is 2. The molecule has 0 radical (unpaired) electrons. The second kappa shape index (κ2) is 4.39. The van der Waals surface area contributed by atoms with Gasteiger partial charge in [-0.3, -0.25) is 0 Å². The van der Waals surface area contributed by atoms with Crippen molar-refractivity contribution in [2.24, 2.45) is 0 Å². The van der Waals surface area contributed by atoms with Crippen LogP contribution >= 0.6 is 0 Å². The van der Waals surface area contributed by atoms with Crippen LogP contribution in [0.2, 0.25) is 0 Å². The summed E-state index contributed by atoms with van der Waals surface area (Å²) in [5, 5.41) is 9.14. The summed E-state index contributed by atoms with van der Waals surface area (Å²) < 4.78 is 19.1. The van der Waals surface area contributed by atoms with Gasteiger partial charge in [0.2, 0.25) is 0 Å². The molecular formula is C15H11FO3. The van der Waals surface area contributed by atoms with E-state index in [4.69, 9.17) is 9.84 Å². The SMILES string of the molecule is O=C(O)c1c(F)cccc1-c1ccc2c(c1)CCO2. The summed E-state index contributed by atoms with van der Waals surface area (Å²) in [5.41, 5.74) is 1.82. The Balaban J connectivity index is 2.17. The number of ether oxygens (including phenoxy) is 1. The molecule has 0 aliphatic carbocycles. The van der Waals surface area contributed by atoms with Crippen LogP contribution in [-0.4, -0.2) is 17.7 Å². The normalized spacial score (nSPS) is 12.9. The highest BCUT2D eigenvalue weighted by Crippen LogP contribution is 2.32. The average Bonchev–Trinajstić information content (AvgIpc) is 2.85. The third-order valence-corrected chi connectivity index (χ3v) is 3.23. The van der Waals surface area contributed by atoms with E-state index in [2.05, 4.69) is 0 Å². The Bertz CT molecular complexity index is 664. The van der Waals surface area contributed by atoms with Gasteiger partial charge in [-0.25, -0.2) is 9.18 Å². The molecule has 1 N–H and O–H groups in total. The number of carboxylic acid groups (broad SMARTS) is 1. The molecule has 1 aliphatic heterocycles. The third-order valence-electron chi connectivity index (χ3n) is 3.23. The number of aromatic carboxylic acids is 1. The average molecular weight is 258 g/mol. The summed E-state index contributed by atoms with van der Waals surface area (Å²) in [7, 11) is 0. The number of carboxylic acids is 1. The fraction of sp³-hybridized carbons (Fsp3) is 0.133. The zero-order valence-corrected chi connectivity index (χ0v) is 10.0. The number of rotatable bonds is 2. The second-order valence-electron chi connectivity index (χ2n) is 4.39. The zero-order valence-electron chi connectivity index (χ0n) is 10.0. The summed E-state index contributed by atoms with van der Waals surface area (Å²) in [4.78, 5) is 11.2. The molecular weight excluding hydrogens is 247 g/mol. The van der Waals surface area contributed by atoms with Gasteiger partial charge in [0.1, 0.15) is 17.1 Å². The Kier molecular flexibility index (Phi) is 2.71. The quantitative estimate of drug-likeness (QED) is 0.900. The Morgan fingerprint density at radius 1 is 1.26 bits per heavy atom. The van der Waals surface area contributed by atoms with Crippen LogP contribution in [0.25, 0.3) is 11.1 Å². The Morgan fingerprint density at radius 2 is 2.11 bits per heavy atom. The lowest BCUT2D eigenvalue weighted by atomic mass is 9.97. The molecule has 0 saturated carbocycles. The van der Waals surface area contributed by atoms with Crippen molar-refractivity contribution in [3.8, 4) is 16.9 Å². The summed E-state index contributed by atoms with van der Waals surface area (Å²) in [6.45, 7) is 0.633. The molecule has 0 bridgehead atoms. The van der Waals surface area contributed by atoms with Crippen LogP contribution in [0.3, 0.4) is 0 Å². The summed E-state index contributed by atoms with van der Waals surface area (Å²) in [6, 6.07) is 9.71. The molecule has 2 aromatic carbocycles. The first-order chi connectivity index (χ1) is 9.16. The molecule has 0 saturated heterocycles. The predicted molar refractivity (Wildman–Crippen MR) is 68.0 cm³/mol. The van der Waals surface area contributed by atoms with Gasteiger partial charge in [-0.1, -0.05) is 18.2 Å². The standard InChI is InChI=1S/C15H11FO3/c16-12-3-1-2-11(14(12)15(17)18)9-4-5-13-10(8-9)6-7-19-13/h1-5,8H,6-7H2,(H,17,18). The lowest BCUT2D eigenvalue weighted by Gasteiger charge is -2.08. The predicted octanol–water partition coefficient (Wildman–Crippen LogP) is 3.13. The van der Waals surface area contributed by atoms with Gasteiger partial charge in [0.15, 0.2) is 0 Å². The van der Waals surface area contributed by atoms with Crippen LogP contribution in [-0.2, 0) is 6.42 Å². The highest BCUT2D eigenvalue weighted by atomic mass is 19.1. The Morgan fingerprint density at radius 3 is 2.89 bits per heavy atom. The van der Waals surface area contributed by atoms with Gasteiger partial charge in [0, 0.05) is 6.42 Å². The van der Waals surface area contributed by atoms with E-state index in [0.717, 1.165) is 23.8 Å². The van der Waals surface area contributed by atoms with Gasteiger partial charge >= 0.3 is 5.97 Å². The molecule has 3 rings (SSSR count). The molecule has 0 spiro atoms. The van der Waals surface area contributed by atoms with Gasteiger partial charge in [-0.15, -0.1) is 0 Å². The lowest BCUT2D eigenvalue weighted by molar-refractivity contribution is 0.0693. The number of carbonyl (C=O) groups is 1. The van der Waals surface area contributed by atoms with Crippen molar-refractivity contribution in [2.75, 3.05) is 6.61 Å². The van der Waals surface area contributed by atoms with E-state index in [1.165, 1.54) is 6.07 Å². The first kappa shape index (κ1) is 11.7. The molecule has 0 fully saturated rings. The number of hydrogen-bond donors (Lipinski definition) is 1. The van der Waals surface area contributed by atoms with Crippen LogP contribution in [0.1, 0.15) is 15.9 Å². The monoisotopic (exact) mass is 258 g/mol. The smallest absolute Gasteiger partial charge is 0.339 e. The van der Waals surface area contributed by atoms with Gasteiger partial charge in [0.05, 0.1) is 6.61 Å². The van der Waals surface area contributed by atoms with Gasteiger partial charge < -0.3 is 9.84 Å². The highest BCUT2D eigenvalue weighted by Gasteiger charge is 2.19. The maximum Gasteiger partial charge on any atom is 0.339 e. The Hall–Kier alpha value is -2.36. The van der Waals surface area contributed by atoms with Crippen LogP contribution in [0.15, 0.2) is 36.4 Å². The van der Waals surface area contributed by atoms with Crippen molar-refractivity contribution in [1.82, 2.24) is 0 Å². The minimum atomic E-state index is -1.26.